The van der Waals surface area contributed by atoms with Crippen molar-refractivity contribution in [1.29, 1.82) is 0 Å². The molecule has 0 saturated heterocycles. The van der Waals surface area contributed by atoms with Crippen molar-refractivity contribution >= 4 is 32.8 Å². The van der Waals surface area contributed by atoms with Crippen molar-refractivity contribution in [1.82, 2.24) is 0 Å². The molecule has 2 aliphatic rings. The summed E-state index contributed by atoms with van der Waals surface area (Å²) in [4.78, 5) is 0. The minimum absolute atomic E-state index is 0.264. The molecule has 228 valence electrons. The molecule has 0 aromatic heterocycles. The molecule has 2 N–H and O–H groups in total. The van der Waals surface area contributed by atoms with E-state index in [0.717, 1.165) is 22.4 Å². The summed E-state index contributed by atoms with van der Waals surface area (Å²) in [6, 6.07) is 50.8. The van der Waals surface area contributed by atoms with Gasteiger partial charge >= 0.3 is 0 Å². The summed E-state index contributed by atoms with van der Waals surface area (Å²) in [6.07, 6.45) is 4.06. The monoisotopic (exact) mass is 613 g/mol. The Hall–Kier alpha value is -5.92. The van der Waals surface area contributed by atoms with Crippen molar-refractivity contribution in [3.63, 3.8) is 0 Å². The van der Waals surface area contributed by atoms with E-state index in [1.165, 1.54) is 77.2 Å². The van der Waals surface area contributed by atoms with Crippen LogP contribution in [0.5, 0.6) is 0 Å². The molecule has 1 heteroatoms. The van der Waals surface area contributed by atoms with Crippen LogP contribution < -0.4 is 5.73 Å². The average molecular weight is 614 g/mol. The highest BCUT2D eigenvalue weighted by molar-refractivity contribution is 6.28. The molecule has 48 heavy (non-hydrogen) atoms. The first-order valence-electron chi connectivity index (χ1n) is 16.7. The van der Waals surface area contributed by atoms with E-state index in [0.29, 0.717) is 0 Å². The molecule has 1 nitrogen and oxygen atoms in total. The van der Waals surface area contributed by atoms with Crippen LogP contribution in [-0.2, 0) is 5.41 Å². The molecular weight excluding hydrogens is 579 g/mol. The summed E-state index contributed by atoms with van der Waals surface area (Å²) in [5, 5.41) is 5.05. The van der Waals surface area contributed by atoms with Gasteiger partial charge in [-0.25, -0.2) is 0 Å². The van der Waals surface area contributed by atoms with Gasteiger partial charge in [0, 0.05) is 16.7 Å². The van der Waals surface area contributed by atoms with E-state index in [-0.39, 0.29) is 5.41 Å². The molecule has 9 rings (SSSR count). The Balaban J connectivity index is 1.40. The Labute approximate surface area is 282 Å². The third-order valence-electron chi connectivity index (χ3n) is 10.5. The Morgan fingerprint density at radius 2 is 1.06 bits per heavy atom. The number of fused-ring (bicyclic) bond motifs is 5. The maximum Gasteiger partial charge on any atom is 0.0438 e. The Kier molecular flexibility index (Phi) is 6.22. The molecule has 0 bridgehead atoms. The van der Waals surface area contributed by atoms with Gasteiger partial charge in [0.1, 0.15) is 0 Å². The molecular formula is C47H35N. The lowest BCUT2D eigenvalue weighted by Crippen LogP contribution is -2.19. The highest BCUT2D eigenvalue weighted by Crippen LogP contribution is 2.59. The molecule has 0 fully saturated rings. The number of benzene rings is 7. The fraction of sp³-hybridized carbons (Fsp3) is 0.0638. The quantitative estimate of drug-likeness (QED) is 0.192. The van der Waals surface area contributed by atoms with Crippen LogP contribution in [0.2, 0.25) is 0 Å². The summed E-state index contributed by atoms with van der Waals surface area (Å²) in [5.74, 6) is 0. The smallest absolute Gasteiger partial charge is 0.0438 e. The lowest BCUT2D eigenvalue weighted by Gasteiger charge is -2.27. The van der Waals surface area contributed by atoms with E-state index in [4.69, 9.17) is 5.73 Å². The van der Waals surface area contributed by atoms with Gasteiger partial charge in [-0.2, -0.15) is 0 Å². The van der Waals surface area contributed by atoms with E-state index in [1.54, 1.807) is 0 Å². The number of nitrogens with two attached hydrogens (primary N) is 1. The topological polar surface area (TPSA) is 26.0 Å². The van der Waals surface area contributed by atoms with Crippen LogP contribution in [0.4, 0.5) is 0 Å². The van der Waals surface area contributed by atoms with Crippen molar-refractivity contribution in [2.24, 2.45) is 5.73 Å². The van der Waals surface area contributed by atoms with Crippen LogP contribution >= 0.6 is 0 Å². The van der Waals surface area contributed by atoms with Crippen LogP contribution in [0, 0.1) is 0 Å². The number of hydrogen-bond donors (Lipinski definition) is 1. The summed E-state index contributed by atoms with van der Waals surface area (Å²) in [6.45, 7) is 8.74. The second-order valence-electron chi connectivity index (χ2n) is 13.4. The standard InChI is InChI=1S/C47H35N/c1-4-16-35(45-46(48)36-23-13-14-26-39(36)47(45,2)3)31-27-28-38-42-32(31)24-15-25-37(42)43-40(29-17-7-5-8-18-29)33-21-11-12-22-34(33)41(44(38)43)30-19-9-6-10-20-30/h4-28H,1,48H2,2-3H3/b35-16-. The van der Waals surface area contributed by atoms with Crippen LogP contribution in [0.15, 0.2) is 164 Å². The summed E-state index contributed by atoms with van der Waals surface area (Å²) in [7, 11) is 0. The van der Waals surface area contributed by atoms with Gasteiger partial charge in [-0.05, 0) is 88.3 Å². The first-order valence-corrected chi connectivity index (χ1v) is 16.7. The number of hydrogen-bond acceptors (Lipinski definition) is 1. The maximum absolute atomic E-state index is 7.05. The number of rotatable bonds is 5. The zero-order chi connectivity index (χ0) is 32.6. The molecule has 0 radical (unpaired) electrons. The lowest BCUT2D eigenvalue weighted by molar-refractivity contribution is 0.658. The van der Waals surface area contributed by atoms with E-state index < -0.39 is 0 Å². The molecule has 7 aromatic carbocycles. The van der Waals surface area contributed by atoms with Gasteiger partial charge in [0.25, 0.3) is 0 Å². The van der Waals surface area contributed by atoms with E-state index >= 15 is 0 Å². The van der Waals surface area contributed by atoms with Crippen molar-refractivity contribution in [2.75, 3.05) is 0 Å². The van der Waals surface area contributed by atoms with Gasteiger partial charge < -0.3 is 5.73 Å². The molecule has 2 aliphatic carbocycles. The van der Waals surface area contributed by atoms with Crippen LogP contribution in [0.25, 0.3) is 77.3 Å². The van der Waals surface area contributed by atoms with Crippen molar-refractivity contribution in [3.8, 4) is 44.5 Å². The first-order chi connectivity index (χ1) is 23.5. The van der Waals surface area contributed by atoms with Crippen molar-refractivity contribution < 1.29 is 0 Å². The predicted molar refractivity (Wildman–Crippen MR) is 206 cm³/mol. The van der Waals surface area contributed by atoms with E-state index in [9.17, 15) is 0 Å². The average Bonchev–Trinajstić information content (AvgIpc) is 3.56. The largest absolute Gasteiger partial charge is 0.398 e. The number of allylic oxidation sites excluding steroid dienone is 4. The molecule has 0 heterocycles. The molecule has 0 atom stereocenters. The third-order valence-corrected chi connectivity index (χ3v) is 10.5. The first kappa shape index (κ1) is 28.3. The van der Waals surface area contributed by atoms with Crippen LogP contribution in [0.3, 0.4) is 0 Å². The van der Waals surface area contributed by atoms with Gasteiger partial charge in [0.2, 0.25) is 0 Å². The van der Waals surface area contributed by atoms with Crippen LogP contribution in [0.1, 0.15) is 30.5 Å². The SMILES string of the molecule is C=C/C=C(\C1=C(N)c2ccccc2C1(C)C)c1ccc2c3c(cccc13)-c1c-2c(-c2ccccc2)c2ccccc2c1-c1ccccc1. The maximum atomic E-state index is 7.05. The lowest BCUT2D eigenvalue weighted by atomic mass is 9.75. The minimum atomic E-state index is -0.264. The normalized spacial score (nSPS) is 14.4. The fourth-order valence-electron chi connectivity index (χ4n) is 8.62. The third kappa shape index (κ3) is 3.85. The molecule has 0 spiro atoms. The second-order valence-corrected chi connectivity index (χ2v) is 13.4. The zero-order valence-electron chi connectivity index (χ0n) is 27.2. The fourth-order valence-corrected chi connectivity index (χ4v) is 8.62. The molecule has 0 saturated carbocycles. The van der Waals surface area contributed by atoms with E-state index in [1.807, 2.05) is 6.08 Å². The highest BCUT2D eigenvalue weighted by Gasteiger charge is 2.39. The molecule has 0 amide bonds. The van der Waals surface area contributed by atoms with Gasteiger partial charge in [-0.3, -0.25) is 0 Å². The van der Waals surface area contributed by atoms with Crippen LogP contribution in [-0.4, -0.2) is 0 Å². The Morgan fingerprint density at radius 1 is 0.542 bits per heavy atom. The highest BCUT2D eigenvalue weighted by atomic mass is 14.6. The van der Waals surface area contributed by atoms with E-state index in [2.05, 4.69) is 166 Å². The van der Waals surface area contributed by atoms with Gasteiger partial charge in [-0.1, -0.05) is 172 Å². The van der Waals surface area contributed by atoms with Gasteiger partial charge in [0.15, 0.2) is 0 Å². The summed E-state index contributed by atoms with van der Waals surface area (Å²) in [5.41, 5.74) is 23.6. The predicted octanol–water partition coefficient (Wildman–Crippen LogP) is 12.2. The Bertz CT molecular complexity index is 2440. The summed E-state index contributed by atoms with van der Waals surface area (Å²) >= 11 is 0. The minimum Gasteiger partial charge on any atom is -0.398 e. The second kappa shape index (κ2) is 10.6. The molecule has 7 aromatic rings. The van der Waals surface area contributed by atoms with Gasteiger partial charge in [0.05, 0.1) is 0 Å². The summed E-state index contributed by atoms with van der Waals surface area (Å²) < 4.78 is 0. The van der Waals surface area contributed by atoms with Crippen molar-refractivity contribution in [3.05, 3.63) is 181 Å². The van der Waals surface area contributed by atoms with Gasteiger partial charge in [-0.15, -0.1) is 0 Å². The zero-order valence-corrected chi connectivity index (χ0v) is 27.2. The molecule has 0 unspecified atom stereocenters. The Morgan fingerprint density at radius 3 is 1.67 bits per heavy atom. The van der Waals surface area contributed by atoms with Crippen molar-refractivity contribution in [2.45, 2.75) is 19.3 Å². The molecule has 0 aliphatic heterocycles.